The first-order chi connectivity index (χ1) is 15.0. The average molecular weight is 419 g/mol. The molecule has 0 radical (unpaired) electrons. The van der Waals surface area contributed by atoms with Gasteiger partial charge in [0.15, 0.2) is 0 Å². The van der Waals surface area contributed by atoms with E-state index in [1.807, 2.05) is 54.6 Å². The number of benzene rings is 2. The van der Waals surface area contributed by atoms with Crippen LogP contribution in [0.25, 0.3) is 11.0 Å². The van der Waals surface area contributed by atoms with Gasteiger partial charge in [0, 0.05) is 19.2 Å². The van der Waals surface area contributed by atoms with Crippen LogP contribution in [-0.2, 0) is 20.0 Å². The van der Waals surface area contributed by atoms with E-state index in [9.17, 15) is 4.79 Å². The number of nitrogens with one attached hydrogen (secondary N) is 1. The van der Waals surface area contributed by atoms with Crippen LogP contribution in [0.1, 0.15) is 18.2 Å². The zero-order chi connectivity index (χ0) is 22.0. The summed E-state index contributed by atoms with van der Waals surface area (Å²) >= 11 is 0. The number of hydrogen-bond acceptors (Lipinski definition) is 6. The largest absolute Gasteiger partial charge is 0.496 e. The summed E-state index contributed by atoms with van der Waals surface area (Å²) in [5, 5.41) is 3.39. The summed E-state index contributed by atoms with van der Waals surface area (Å²) in [6.45, 7) is 2.38. The summed E-state index contributed by atoms with van der Waals surface area (Å²) in [4.78, 5) is 21.4. The van der Waals surface area contributed by atoms with Gasteiger partial charge in [-0.15, -0.1) is 0 Å². The highest BCUT2D eigenvalue weighted by Gasteiger charge is 2.14. The summed E-state index contributed by atoms with van der Waals surface area (Å²) in [5.74, 6) is 1.64. The zero-order valence-corrected chi connectivity index (χ0v) is 17.9. The Hall–Kier alpha value is -3.81. The molecule has 8 nitrogen and oxygen atoms in total. The first-order valence-corrected chi connectivity index (χ1v) is 10.1. The number of ether oxygens (including phenoxy) is 1. The molecule has 0 spiro atoms. The number of para-hydroxylation sites is 3. The Labute approximate surface area is 180 Å². The van der Waals surface area contributed by atoms with E-state index in [1.54, 1.807) is 23.3 Å². The van der Waals surface area contributed by atoms with Gasteiger partial charge in [-0.2, -0.15) is 4.98 Å². The molecule has 0 fully saturated rings. The van der Waals surface area contributed by atoms with Crippen molar-refractivity contribution in [1.82, 2.24) is 19.1 Å². The van der Waals surface area contributed by atoms with Crippen molar-refractivity contribution in [3.63, 3.8) is 0 Å². The fraction of sp³-hybridized carbons (Fsp3) is 0.261. The van der Waals surface area contributed by atoms with Crippen LogP contribution in [0, 0.1) is 0 Å². The number of aryl methyl sites for hydroxylation is 1. The standard InChI is InChI=1S/C23H26N6O2/c1-15(12-16-8-4-7-11-20(16)31-3)25-21-13-17(26-22(24)27-21)14-29-19-10-6-5-9-18(19)28(2)23(29)30/h4-11,13,15H,12,14H2,1-3H3,(H3,24,25,26,27)/t15-/m0/s1. The molecular weight excluding hydrogens is 392 g/mol. The van der Waals surface area contributed by atoms with Crippen LogP contribution in [0.5, 0.6) is 5.75 Å². The normalized spacial score (nSPS) is 12.1. The van der Waals surface area contributed by atoms with E-state index in [1.165, 1.54) is 0 Å². The molecule has 0 unspecified atom stereocenters. The molecule has 0 saturated carbocycles. The van der Waals surface area contributed by atoms with E-state index in [2.05, 4.69) is 22.2 Å². The van der Waals surface area contributed by atoms with Crippen molar-refractivity contribution in [2.75, 3.05) is 18.2 Å². The maximum Gasteiger partial charge on any atom is 0.329 e. The van der Waals surface area contributed by atoms with Gasteiger partial charge in [0.05, 0.1) is 30.4 Å². The van der Waals surface area contributed by atoms with E-state index in [0.717, 1.165) is 28.8 Å². The lowest BCUT2D eigenvalue weighted by atomic mass is 10.1. The van der Waals surface area contributed by atoms with Crippen LogP contribution in [0.2, 0.25) is 0 Å². The molecule has 31 heavy (non-hydrogen) atoms. The summed E-state index contributed by atoms with van der Waals surface area (Å²) in [6.07, 6.45) is 0.756. The smallest absolute Gasteiger partial charge is 0.329 e. The van der Waals surface area contributed by atoms with Crippen LogP contribution in [0.3, 0.4) is 0 Å². The molecule has 0 saturated heterocycles. The maximum atomic E-state index is 12.7. The van der Waals surface area contributed by atoms with Crippen LogP contribution < -0.4 is 21.5 Å². The lowest BCUT2D eigenvalue weighted by Gasteiger charge is -2.17. The highest BCUT2D eigenvalue weighted by Crippen LogP contribution is 2.21. The van der Waals surface area contributed by atoms with Gasteiger partial charge in [0.25, 0.3) is 0 Å². The van der Waals surface area contributed by atoms with Crippen molar-refractivity contribution >= 4 is 22.8 Å². The highest BCUT2D eigenvalue weighted by atomic mass is 16.5. The quantitative estimate of drug-likeness (QED) is 0.479. The van der Waals surface area contributed by atoms with E-state index in [-0.39, 0.29) is 17.7 Å². The monoisotopic (exact) mass is 418 g/mol. The van der Waals surface area contributed by atoms with Crippen molar-refractivity contribution in [2.24, 2.45) is 7.05 Å². The molecular formula is C23H26N6O2. The Morgan fingerprint density at radius 2 is 1.81 bits per heavy atom. The highest BCUT2D eigenvalue weighted by molar-refractivity contribution is 5.76. The predicted molar refractivity (Wildman–Crippen MR) is 123 cm³/mol. The van der Waals surface area contributed by atoms with Gasteiger partial charge in [0.1, 0.15) is 11.6 Å². The minimum Gasteiger partial charge on any atom is -0.496 e. The third kappa shape index (κ3) is 4.23. The van der Waals surface area contributed by atoms with Gasteiger partial charge >= 0.3 is 5.69 Å². The van der Waals surface area contributed by atoms with Gasteiger partial charge in [-0.25, -0.2) is 9.78 Å². The molecule has 8 heteroatoms. The van der Waals surface area contributed by atoms with E-state index in [4.69, 9.17) is 10.5 Å². The van der Waals surface area contributed by atoms with E-state index < -0.39 is 0 Å². The van der Waals surface area contributed by atoms with Gasteiger partial charge < -0.3 is 15.8 Å². The van der Waals surface area contributed by atoms with Crippen LogP contribution >= 0.6 is 0 Å². The number of nitrogens with zero attached hydrogens (tertiary/aromatic N) is 4. The van der Waals surface area contributed by atoms with Crippen molar-refractivity contribution < 1.29 is 4.74 Å². The second-order valence-corrected chi connectivity index (χ2v) is 7.58. The molecule has 0 bridgehead atoms. The number of methoxy groups -OCH3 is 1. The molecule has 3 N–H and O–H groups in total. The predicted octanol–water partition coefficient (Wildman–Crippen LogP) is 2.81. The van der Waals surface area contributed by atoms with Gasteiger partial charge in [-0.05, 0) is 37.1 Å². The second kappa shape index (κ2) is 8.51. The number of fused-ring (bicyclic) bond motifs is 1. The van der Waals surface area contributed by atoms with Crippen molar-refractivity contribution in [3.05, 3.63) is 76.3 Å². The average Bonchev–Trinajstić information content (AvgIpc) is 2.99. The molecule has 4 aromatic rings. The van der Waals surface area contributed by atoms with Crippen LogP contribution in [0.4, 0.5) is 11.8 Å². The number of nitrogens with two attached hydrogens (primary N) is 1. The minimum atomic E-state index is -0.0996. The first-order valence-electron chi connectivity index (χ1n) is 10.1. The van der Waals surface area contributed by atoms with E-state index >= 15 is 0 Å². The number of nitrogen functional groups attached to an aromatic ring is 1. The Bertz CT molecular complexity index is 1280. The third-order valence-corrected chi connectivity index (χ3v) is 5.28. The molecule has 2 aromatic carbocycles. The Kier molecular flexibility index (Phi) is 5.62. The number of rotatable bonds is 7. The Morgan fingerprint density at radius 3 is 2.58 bits per heavy atom. The van der Waals surface area contributed by atoms with Crippen molar-refractivity contribution in [2.45, 2.75) is 25.9 Å². The van der Waals surface area contributed by atoms with Crippen molar-refractivity contribution in [1.29, 1.82) is 0 Å². The second-order valence-electron chi connectivity index (χ2n) is 7.58. The summed E-state index contributed by atoms with van der Waals surface area (Å²) in [6, 6.07) is 17.5. The van der Waals surface area contributed by atoms with Crippen LogP contribution in [-0.4, -0.2) is 32.3 Å². The SMILES string of the molecule is COc1ccccc1C[C@H](C)Nc1cc(Cn2c(=O)n(C)c3ccccc32)nc(N)n1. The lowest BCUT2D eigenvalue weighted by Crippen LogP contribution is -2.24. The molecule has 4 rings (SSSR count). The molecule has 0 amide bonds. The number of hydrogen-bond donors (Lipinski definition) is 2. The first kappa shape index (κ1) is 20.5. The zero-order valence-electron chi connectivity index (χ0n) is 17.9. The van der Waals surface area contributed by atoms with Gasteiger partial charge in [0.2, 0.25) is 5.95 Å². The lowest BCUT2D eigenvalue weighted by molar-refractivity contribution is 0.409. The molecule has 160 valence electrons. The molecule has 0 aliphatic heterocycles. The summed E-state index contributed by atoms with van der Waals surface area (Å²) in [7, 11) is 3.44. The number of aromatic nitrogens is 4. The fourth-order valence-corrected chi connectivity index (χ4v) is 3.86. The Balaban J connectivity index is 1.57. The maximum absolute atomic E-state index is 12.7. The molecule has 0 aliphatic rings. The minimum absolute atomic E-state index is 0.0822. The Morgan fingerprint density at radius 1 is 1.10 bits per heavy atom. The number of imidazole rings is 1. The summed E-state index contributed by atoms with van der Waals surface area (Å²) in [5.41, 5.74) is 9.37. The molecule has 1 atom stereocenters. The van der Waals surface area contributed by atoms with Gasteiger partial charge in [-0.1, -0.05) is 30.3 Å². The van der Waals surface area contributed by atoms with E-state index in [0.29, 0.717) is 18.1 Å². The molecule has 0 aliphatic carbocycles. The molecule has 2 aromatic heterocycles. The van der Waals surface area contributed by atoms with Gasteiger partial charge in [-0.3, -0.25) is 9.13 Å². The summed E-state index contributed by atoms with van der Waals surface area (Å²) < 4.78 is 8.77. The number of anilines is 2. The fourth-order valence-electron chi connectivity index (χ4n) is 3.86. The topological polar surface area (TPSA) is 100.0 Å². The molecule has 2 heterocycles. The third-order valence-electron chi connectivity index (χ3n) is 5.28. The van der Waals surface area contributed by atoms with Crippen LogP contribution in [0.15, 0.2) is 59.4 Å². The van der Waals surface area contributed by atoms with Crippen molar-refractivity contribution in [3.8, 4) is 5.75 Å².